The normalized spacial score (nSPS) is 24.4. The van der Waals surface area contributed by atoms with Gasteiger partial charge in [-0.1, -0.05) is 18.2 Å². The average molecular weight is 643 g/mol. The highest BCUT2D eigenvalue weighted by atomic mass is 31.2. The third kappa shape index (κ3) is 6.65. The first kappa shape index (κ1) is 33.1. The third-order valence-electron chi connectivity index (χ3n) is 6.91. The van der Waals surface area contributed by atoms with E-state index in [9.17, 15) is 38.0 Å². The minimum atomic E-state index is -4.67. The van der Waals surface area contributed by atoms with Crippen molar-refractivity contribution in [3.8, 4) is 11.8 Å². The fraction of sp³-hybridized carbons (Fsp3) is 0.462. The molecular formula is C26H30F3N6O8P. The van der Waals surface area contributed by atoms with E-state index in [0.29, 0.717) is 5.52 Å². The van der Waals surface area contributed by atoms with Crippen LogP contribution in [-0.4, -0.2) is 74.0 Å². The molecular weight excluding hydrogens is 612 g/mol. The highest BCUT2D eigenvalue weighted by Gasteiger charge is 2.57. The maximum atomic E-state index is 13.9. The predicted molar refractivity (Wildman–Crippen MR) is 146 cm³/mol. The monoisotopic (exact) mass is 642 g/mol. The number of nitrogens with zero attached hydrogens (tertiary/aromatic N) is 4. The van der Waals surface area contributed by atoms with Crippen LogP contribution in [0, 0.1) is 16.7 Å². The Balaban J connectivity index is 1.55. The van der Waals surface area contributed by atoms with Gasteiger partial charge in [0.05, 0.1) is 11.1 Å². The number of carbonyl (C=O) groups is 1. The number of nitriles is 1. The molecule has 0 unspecified atom stereocenters. The topological polar surface area (TPSA) is 204 Å². The van der Waals surface area contributed by atoms with Gasteiger partial charge in [0.15, 0.2) is 5.82 Å². The van der Waals surface area contributed by atoms with Gasteiger partial charge in [-0.25, -0.2) is 14.1 Å². The summed E-state index contributed by atoms with van der Waals surface area (Å²) in [6.45, 7) is 0.866. The van der Waals surface area contributed by atoms with Crippen LogP contribution in [0.1, 0.15) is 32.6 Å². The molecule has 4 rings (SSSR count). The van der Waals surface area contributed by atoms with Gasteiger partial charge in [0.25, 0.3) is 0 Å². The van der Waals surface area contributed by atoms with Gasteiger partial charge in [-0.05, 0) is 45.0 Å². The molecule has 0 radical (unpaired) electrons. The number of aromatic nitrogens is 3. The highest BCUT2D eigenvalue weighted by Crippen LogP contribution is 2.48. The molecule has 1 fully saturated rings. The minimum absolute atomic E-state index is 0.00385. The van der Waals surface area contributed by atoms with Crippen molar-refractivity contribution in [3.63, 3.8) is 0 Å². The summed E-state index contributed by atoms with van der Waals surface area (Å²) in [5, 5.41) is 38.2. The number of esters is 1. The first-order chi connectivity index (χ1) is 20.5. The van der Waals surface area contributed by atoms with Crippen LogP contribution < -0.4 is 15.3 Å². The molecule has 3 heterocycles. The maximum absolute atomic E-state index is 13.9. The molecule has 18 heteroatoms. The van der Waals surface area contributed by atoms with Crippen molar-refractivity contribution in [1.82, 2.24) is 19.7 Å². The number of carbonyl (C=O) groups excluding carboxylic acids is 1. The summed E-state index contributed by atoms with van der Waals surface area (Å²) in [4.78, 5) is 16.4. The lowest BCUT2D eigenvalue weighted by molar-refractivity contribution is -0.226. The lowest BCUT2D eigenvalue weighted by Crippen LogP contribution is -2.46. The van der Waals surface area contributed by atoms with Crippen LogP contribution in [0.2, 0.25) is 0 Å². The number of anilines is 1. The second-order valence-corrected chi connectivity index (χ2v) is 12.4. The van der Waals surface area contributed by atoms with Crippen molar-refractivity contribution >= 4 is 25.1 Å². The number of aliphatic hydroxyl groups excluding tert-OH is 2. The largest absolute Gasteiger partial charge is 0.464 e. The number of para-hydroxylation sites is 1. The van der Waals surface area contributed by atoms with E-state index in [4.69, 9.17) is 24.3 Å². The van der Waals surface area contributed by atoms with Crippen LogP contribution in [0.5, 0.6) is 5.75 Å². The summed E-state index contributed by atoms with van der Waals surface area (Å²) in [6, 6.07) is 10.8. The van der Waals surface area contributed by atoms with Gasteiger partial charge in [0.2, 0.25) is 5.60 Å². The summed E-state index contributed by atoms with van der Waals surface area (Å²) in [6.07, 6.45) is -8.44. The van der Waals surface area contributed by atoms with Crippen LogP contribution in [0.25, 0.3) is 5.52 Å². The third-order valence-corrected chi connectivity index (χ3v) is 8.53. The number of nitrogens with one attached hydrogen (secondary N) is 1. The second kappa shape index (κ2) is 12.3. The number of ether oxygens (including phenoxy) is 2. The zero-order chi connectivity index (χ0) is 32.5. The smallest absolute Gasteiger partial charge is 0.459 e. The number of alkyl halides is 3. The average Bonchev–Trinajstić information content (AvgIpc) is 3.50. The highest BCUT2D eigenvalue weighted by molar-refractivity contribution is 7.52. The van der Waals surface area contributed by atoms with Crippen molar-refractivity contribution < 1.29 is 51.3 Å². The Bertz CT molecular complexity index is 1580. The molecule has 1 saturated heterocycles. The van der Waals surface area contributed by atoms with Gasteiger partial charge in [-0.3, -0.25) is 9.32 Å². The Morgan fingerprint density at radius 2 is 1.95 bits per heavy atom. The Morgan fingerprint density at radius 1 is 1.27 bits per heavy atom. The molecule has 0 saturated carbocycles. The molecule has 6 atom stereocenters. The standard InChI is InChI=1S/C26H30F3N6O8P/c1-15(23(38)40-12-24(2,3)26(27,28)29)34-44(39,43-16-7-5-4-6-8-16)41-13-25(11-30)21(37)19(36)20(42-25)17-9-10-18-22(31)32-14-33-35(17)18/h4-10,14-15,19-21,36-37H,12-13H2,1-3H3,(H,34,39)(H2,31,32,33)/t15-,19-,20-,21-,25+,44+/m0/s1. The Kier molecular flexibility index (Phi) is 9.27. The van der Waals surface area contributed by atoms with Crippen molar-refractivity contribution in [2.24, 2.45) is 5.41 Å². The van der Waals surface area contributed by atoms with Gasteiger partial charge in [-0.15, -0.1) is 0 Å². The Labute approximate surface area is 249 Å². The lowest BCUT2D eigenvalue weighted by Gasteiger charge is -2.29. The van der Waals surface area contributed by atoms with Gasteiger partial charge < -0.3 is 29.9 Å². The molecule has 2 aromatic heterocycles. The van der Waals surface area contributed by atoms with E-state index in [0.717, 1.165) is 27.1 Å². The van der Waals surface area contributed by atoms with E-state index < -0.39 is 68.5 Å². The van der Waals surface area contributed by atoms with Crippen molar-refractivity contribution in [3.05, 3.63) is 54.5 Å². The molecule has 1 aromatic carbocycles. The zero-order valence-corrected chi connectivity index (χ0v) is 24.5. The second-order valence-electron chi connectivity index (χ2n) is 10.7. The first-order valence-corrected chi connectivity index (χ1v) is 14.6. The molecule has 44 heavy (non-hydrogen) atoms. The number of hydrogen-bond donors (Lipinski definition) is 4. The molecule has 3 aromatic rings. The number of hydrogen-bond acceptors (Lipinski definition) is 12. The maximum Gasteiger partial charge on any atom is 0.459 e. The number of benzene rings is 1. The van der Waals surface area contributed by atoms with E-state index in [-0.39, 0.29) is 17.3 Å². The molecule has 0 amide bonds. The molecule has 1 aliphatic heterocycles. The molecule has 0 spiro atoms. The summed E-state index contributed by atoms with van der Waals surface area (Å²) < 4.78 is 76.4. The molecule has 238 valence electrons. The molecule has 0 bridgehead atoms. The van der Waals surface area contributed by atoms with Gasteiger partial charge in [0.1, 0.15) is 61.2 Å². The quantitative estimate of drug-likeness (QED) is 0.176. The SMILES string of the molecule is C[C@H](N[P@@](=O)(OC[C@@]1(C#N)O[C@@H](c2ccc3c(N)ncnn23)[C@H](O)[C@@H]1O)Oc1ccccc1)C(=O)OCC(C)(C)C(F)(F)F. The van der Waals surface area contributed by atoms with Crippen molar-refractivity contribution in [2.45, 2.75) is 56.9 Å². The fourth-order valence-corrected chi connectivity index (χ4v) is 5.64. The van der Waals surface area contributed by atoms with Crippen LogP contribution >= 0.6 is 7.75 Å². The van der Waals surface area contributed by atoms with E-state index >= 15 is 0 Å². The molecule has 14 nitrogen and oxygen atoms in total. The van der Waals surface area contributed by atoms with Crippen LogP contribution in [0.15, 0.2) is 48.8 Å². The first-order valence-electron chi connectivity index (χ1n) is 13.1. The number of nitrogen functional groups attached to an aromatic ring is 1. The van der Waals surface area contributed by atoms with Gasteiger partial charge in [0, 0.05) is 0 Å². The molecule has 0 aliphatic carbocycles. The number of nitrogens with two attached hydrogens (primary N) is 1. The lowest BCUT2D eigenvalue weighted by atomic mass is 9.94. The van der Waals surface area contributed by atoms with E-state index in [1.54, 1.807) is 12.1 Å². The summed E-state index contributed by atoms with van der Waals surface area (Å²) >= 11 is 0. The number of fused-ring (bicyclic) bond motifs is 1. The van der Waals surface area contributed by atoms with Crippen LogP contribution in [0.4, 0.5) is 19.0 Å². The van der Waals surface area contributed by atoms with Crippen molar-refractivity contribution in [1.29, 1.82) is 5.26 Å². The van der Waals surface area contributed by atoms with Crippen LogP contribution in [0.3, 0.4) is 0 Å². The summed E-state index contributed by atoms with van der Waals surface area (Å²) in [7, 11) is -4.67. The van der Waals surface area contributed by atoms with E-state index in [1.807, 2.05) is 0 Å². The molecule has 5 N–H and O–H groups in total. The predicted octanol–water partition coefficient (Wildman–Crippen LogP) is 2.68. The number of aliphatic hydroxyl groups is 2. The summed E-state index contributed by atoms with van der Waals surface area (Å²) in [5.41, 5.74) is 1.75. The number of rotatable bonds is 11. The number of halogens is 3. The van der Waals surface area contributed by atoms with Gasteiger partial charge >= 0.3 is 19.9 Å². The van der Waals surface area contributed by atoms with Crippen molar-refractivity contribution in [2.75, 3.05) is 18.9 Å². The molecule has 1 aliphatic rings. The van der Waals surface area contributed by atoms with Crippen LogP contribution in [-0.2, 0) is 23.4 Å². The van der Waals surface area contributed by atoms with Gasteiger partial charge in [-0.2, -0.15) is 28.6 Å². The zero-order valence-electron chi connectivity index (χ0n) is 23.6. The summed E-state index contributed by atoms with van der Waals surface area (Å²) in [5.74, 6) is -1.09. The fourth-order valence-electron chi connectivity index (χ4n) is 4.11. The van der Waals surface area contributed by atoms with E-state index in [1.165, 1.54) is 40.9 Å². The Hall–Kier alpha value is -3.78. The minimum Gasteiger partial charge on any atom is -0.464 e. The Morgan fingerprint density at radius 3 is 2.59 bits per heavy atom. The van der Waals surface area contributed by atoms with E-state index in [2.05, 4.69) is 15.2 Å².